The van der Waals surface area contributed by atoms with E-state index in [4.69, 9.17) is 0 Å². The molecule has 1 heterocycles. The molecule has 1 spiro atoms. The number of nitrogens with zero attached hydrogens (tertiary/aromatic N) is 2. The number of rotatable bonds is 7. The Morgan fingerprint density at radius 1 is 0.308 bits per heavy atom. The third-order valence-electron chi connectivity index (χ3n) is 17.6. The summed E-state index contributed by atoms with van der Waals surface area (Å²) in [6.07, 6.45) is 0. The minimum atomic E-state index is -0.458. The topological polar surface area (TPSA) is 8.17 Å². The lowest BCUT2D eigenvalue weighted by Crippen LogP contribution is -2.25. The van der Waals surface area contributed by atoms with Crippen molar-refractivity contribution in [3.63, 3.8) is 0 Å². The molecule has 0 aliphatic heterocycles. The monoisotopic (exact) mass is 992 g/mol. The minimum Gasteiger partial charge on any atom is -0.310 e. The lowest BCUT2D eigenvalue weighted by atomic mass is 9.70. The summed E-state index contributed by atoms with van der Waals surface area (Å²) >= 11 is 0. The van der Waals surface area contributed by atoms with Crippen molar-refractivity contribution >= 4 is 38.9 Å². The lowest BCUT2D eigenvalue weighted by molar-refractivity contribution is 0.660. The van der Waals surface area contributed by atoms with E-state index in [1.807, 2.05) is 0 Å². The highest BCUT2D eigenvalue weighted by Crippen LogP contribution is 2.64. The molecule has 0 N–H and O–H groups in total. The Labute approximate surface area is 455 Å². The van der Waals surface area contributed by atoms with Crippen molar-refractivity contribution in [3.8, 4) is 72.4 Å². The third-order valence-corrected chi connectivity index (χ3v) is 17.6. The van der Waals surface area contributed by atoms with Crippen molar-refractivity contribution in [2.24, 2.45) is 0 Å². The van der Waals surface area contributed by atoms with E-state index in [0.29, 0.717) is 0 Å². The van der Waals surface area contributed by atoms with Crippen molar-refractivity contribution in [2.75, 3.05) is 4.90 Å². The Bertz CT molecular complexity index is 4530. The zero-order valence-electron chi connectivity index (χ0n) is 43.5. The van der Waals surface area contributed by atoms with E-state index >= 15 is 0 Å². The van der Waals surface area contributed by atoms with Gasteiger partial charge in [-0.2, -0.15) is 0 Å². The highest BCUT2D eigenvalue weighted by Gasteiger charge is 2.52. The molecule has 16 rings (SSSR count). The number of hydrogen-bond acceptors (Lipinski definition) is 1. The van der Waals surface area contributed by atoms with Crippen LogP contribution in [0.25, 0.3) is 94.3 Å². The number of para-hydroxylation sites is 2. The zero-order valence-corrected chi connectivity index (χ0v) is 43.5. The SMILES string of the molecule is CC1(C)c2ccccc2-c2ccc(N(c3cc(-c4ccccc4)cc(-c4ccc5c(c4)c4c6c(ccc4n5-c4ccccc4)C4(c5ccccc5-c5ccccc54)c4ccccc4-6)c3)c3ccccc3-c3ccccc3)cc21. The van der Waals surface area contributed by atoms with Gasteiger partial charge in [0, 0.05) is 38.8 Å². The number of anilines is 3. The second-order valence-electron chi connectivity index (χ2n) is 21.9. The molecular formula is C76H52N2. The van der Waals surface area contributed by atoms with E-state index < -0.39 is 5.41 Å². The smallest absolute Gasteiger partial charge is 0.0725 e. The second kappa shape index (κ2) is 16.9. The van der Waals surface area contributed by atoms with Crippen LogP contribution in [-0.2, 0) is 10.8 Å². The molecule has 78 heavy (non-hydrogen) atoms. The van der Waals surface area contributed by atoms with Crippen molar-refractivity contribution < 1.29 is 0 Å². The van der Waals surface area contributed by atoms with E-state index in [1.165, 1.54) is 105 Å². The molecule has 366 valence electrons. The van der Waals surface area contributed by atoms with Gasteiger partial charge in [-0.05, 0) is 161 Å². The van der Waals surface area contributed by atoms with E-state index in [2.05, 4.69) is 302 Å². The predicted molar refractivity (Wildman–Crippen MR) is 326 cm³/mol. The first kappa shape index (κ1) is 44.5. The van der Waals surface area contributed by atoms with Crippen molar-refractivity contribution in [1.29, 1.82) is 0 Å². The molecule has 2 nitrogen and oxygen atoms in total. The molecule has 0 saturated carbocycles. The lowest BCUT2D eigenvalue weighted by Gasteiger charge is -2.30. The van der Waals surface area contributed by atoms with Crippen LogP contribution in [0.15, 0.2) is 279 Å². The Balaban J connectivity index is 0.971. The van der Waals surface area contributed by atoms with E-state index in [9.17, 15) is 0 Å². The summed E-state index contributed by atoms with van der Waals surface area (Å²) in [4.78, 5) is 2.51. The van der Waals surface area contributed by atoms with E-state index in [-0.39, 0.29) is 5.41 Å². The fourth-order valence-electron chi connectivity index (χ4n) is 14.2. The molecule has 0 saturated heterocycles. The Morgan fingerprint density at radius 2 is 0.821 bits per heavy atom. The number of hydrogen-bond donors (Lipinski definition) is 0. The highest BCUT2D eigenvalue weighted by molar-refractivity contribution is 6.19. The molecule has 0 unspecified atom stereocenters. The number of fused-ring (bicyclic) bond motifs is 17. The Kier molecular flexibility index (Phi) is 9.63. The number of benzene rings is 12. The van der Waals surface area contributed by atoms with E-state index in [1.54, 1.807) is 0 Å². The van der Waals surface area contributed by atoms with Gasteiger partial charge in [0.05, 0.1) is 22.1 Å². The van der Waals surface area contributed by atoms with Crippen LogP contribution < -0.4 is 4.90 Å². The van der Waals surface area contributed by atoms with Crippen LogP contribution in [0.2, 0.25) is 0 Å². The van der Waals surface area contributed by atoms with Crippen molar-refractivity contribution in [1.82, 2.24) is 4.57 Å². The largest absolute Gasteiger partial charge is 0.310 e. The first-order valence-corrected chi connectivity index (χ1v) is 27.3. The van der Waals surface area contributed by atoms with Crippen LogP contribution in [0.3, 0.4) is 0 Å². The summed E-state index contributed by atoms with van der Waals surface area (Å²) < 4.78 is 2.49. The minimum absolute atomic E-state index is 0.178. The summed E-state index contributed by atoms with van der Waals surface area (Å²) in [5, 5.41) is 2.51. The van der Waals surface area contributed by atoms with Gasteiger partial charge in [0.25, 0.3) is 0 Å². The fourth-order valence-corrected chi connectivity index (χ4v) is 14.2. The van der Waals surface area contributed by atoms with Gasteiger partial charge in [-0.25, -0.2) is 0 Å². The maximum atomic E-state index is 2.51. The molecule has 12 aromatic carbocycles. The maximum absolute atomic E-state index is 2.51. The summed E-state index contributed by atoms with van der Waals surface area (Å²) in [6, 6.07) is 104. The Hall–Kier alpha value is -9.76. The van der Waals surface area contributed by atoms with Gasteiger partial charge < -0.3 is 9.47 Å². The van der Waals surface area contributed by atoms with Gasteiger partial charge in [-0.3, -0.25) is 0 Å². The summed E-state index contributed by atoms with van der Waals surface area (Å²) in [7, 11) is 0. The van der Waals surface area contributed by atoms with Crippen LogP contribution in [-0.4, -0.2) is 4.57 Å². The molecule has 0 radical (unpaired) electrons. The van der Waals surface area contributed by atoms with E-state index in [0.717, 1.165) is 39.4 Å². The molecule has 0 fully saturated rings. The first-order chi connectivity index (χ1) is 38.5. The van der Waals surface area contributed by atoms with Crippen LogP contribution in [0.4, 0.5) is 17.1 Å². The summed E-state index contributed by atoms with van der Waals surface area (Å²) in [5.74, 6) is 0. The molecule has 13 aromatic rings. The highest BCUT2D eigenvalue weighted by atomic mass is 15.1. The zero-order chi connectivity index (χ0) is 51.7. The normalized spacial score (nSPS) is 13.7. The molecular weight excluding hydrogens is 941 g/mol. The van der Waals surface area contributed by atoms with Gasteiger partial charge in [0.2, 0.25) is 0 Å². The average Bonchev–Trinajstić information content (AvgIpc) is 3.10. The van der Waals surface area contributed by atoms with Crippen LogP contribution in [0.1, 0.15) is 47.2 Å². The quantitative estimate of drug-likeness (QED) is 0.154. The van der Waals surface area contributed by atoms with Crippen LogP contribution in [0, 0.1) is 0 Å². The van der Waals surface area contributed by atoms with Gasteiger partial charge in [-0.15, -0.1) is 0 Å². The summed E-state index contributed by atoms with van der Waals surface area (Å²) in [6.45, 7) is 4.75. The fraction of sp³-hybridized carbons (Fsp3) is 0.0526. The van der Waals surface area contributed by atoms with Gasteiger partial charge in [0.1, 0.15) is 0 Å². The molecule has 3 aliphatic carbocycles. The summed E-state index contributed by atoms with van der Waals surface area (Å²) in [5.41, 5.74) is 29.1. The molecule has 1 aromatic heterocycles. The molecule has 2 heteroatoms. The molecule has 0 atom stereocenters. The molecule has 0 amide bonds. The predicted octanol–water partition coefficient (Wildman–Crippen LogP) is 19.9. The molecule has 3 aliphatic rings. The Morgan fingerprint density at radius 3 is 1.50 bits per heavy atom. The van der Waals surface area contributed by atoms with Crippen molar-refractivity contribution in [3.05, 3.63) is 312 Å². The van der Waals surface area contributed by atoms with Crippen LogP contribution in [0.5, 0.6) is 0 Å². The van der Waals surface area contributed by atoms with Crippen molar-refractivity contribution in [2.45, 2.75) is 24.7 Å². The van der Waals surface area contributed by atoms with Gasteiger partial charge in [0.15, 0.2) is 0 Å². The maximum Gasteiger partial charge on any atom is 0.0725 e. The second-order valence-corrected chi connectivity index (χ2v) is 21.9. The first-order valence-electron chi connectivity index (χ1n) is 27.3. The van der Waals surface area contributed by atoms with Gasteiger partial charge in [-0.1, -0.05) is 226 Å². The van der Waals surface area contributed by atoms with Gasteiger partial charge >= 0.3 is 0 Å². The van der Waals surface area contributed by atoms with Crippen LogP contribution >= 0.6 is 0 Å². The average molecular weight is 993 g/mol. The third kappa shape index (κ3) is 6.26. The number of aromatic nitrogens is 1. The molecule has 0 bridgehead atoms. The standard InChI is InChI=1S/C76H52N2/c1-75(2)64-33-17-12-29-58(64)61-40-39-55(48-69(61)75)77(70-37-21-16-28-57(70)50-24-8-4-9-25-50)56-45-52(49-22-6-3-7-23-49)44-53(46-56)51-38-42-71-63(47-51)74-72(78(71)54-26-10-5-11-27-54)43-41-68-73(74)62-32-15-20-36-67(62)76(68)65-34-18-13-30-59(65)60-31-14-19-35-66(60)76/h3-48H,1-2H3.